The molecule has 1 rings (SSSR count). The number of carbonyl (C=O) groups excluding carboxylic acids is 2. The van der Waals surface area contributed by atoms with Crippen molar-refractivity contribution in [3.63, 3.8) is 0 Å². The SMILES string of the molecule is NC1CCCC1NC(=O)CCC=O. The first kappa shape index (κ1) is 10.2. The molecule has 2 unspecified atom stereocenters. The number of aldehydes is 1. The van der Waals surface area contributed by atoms with Gasteiger partial charge in [0, 0.05) is 24.9 Å². The summed E-state index contributed by atoms with van der Waals surface area (Å²) in [5.74, 6) is -0.0607. The van der Waals surface area contributed by atoms with E-state index >= 15 is 0 Å². The van der Waals surface area contributed by atoms with Crippen molar-refractivity contribution in [1.29, 1.82) is 0 Å². The van der Waals surface area contributed by atoms with Gasteiger partial charge in [0.1, 0.15) is 6.29 Å². The summed E-state index contributed by atoms with van der Waals surface area (Å²) in [6.07, 6.45) is 4.38. The zero-order valence-electron chi connectivity index (χ0n) is 7.66. The average molecular weight is 184 g/mol. The van der Waals surface area contributed by atoms with E-state index in [1.807, 2.05) is 0 Å². The minimum atomic E-state index is -0.0607. The van der Waals surface area contributed by atoms with Crippen molar-refractivity contribution < 1.29 is 9.59 Å². The first-order chi connectivity index (χ1) is 6.24. The number of rotatable bonds is 4. The smallest absolute Gasteiger partial charge is 0.220 e. The first-order valence-corrected chi connectivity index (χ1v) is 4.72. The van der Waals surface area contributed by atoms with Gasteiger partial charge in [-0.05, 0) is 19.3 Å². The Morgan fingerprint density at radius 3 is 2.85 bits per heavy atom. The molecule has 1 fully saturated rings. The van der Waals surface area contributed by atoms with Crippen LogP contribution in [0.15, 0.2) is 0 Å². The fraction of sp³-hybridized carbons (Fsp3) is 0.778. The van der Waals surface area contributed by atoms with Gasteiger partial charge < -0.3 is 15.8 Å². The quantitative estimate of drug-likeness (QED) is 0.602. The monoisotopic (exact) mass is 184 g/mol. The van der Waals surface area contributed by atoms with E-state index in [1.54, 1.807) is 0 Å². The number of nitrogens with two attached hydrogens (primary N) is 1. The predicted octanol–water partition coefficient (Wildman–Crippen LogP) is -0.0385. The Morgan fingerprint density at radius 2 is 2.31 bits per heavy atom. The maximum atomic E-state index is 11.2. The third-order valence-corrected chi connectivity index (χ3v) is 2.41. The van der Waals surface area contributed by atoms with E-state index in [4.69, 9.17) is 5.73 Å². The summed E-state index contributed by atoms with van der Waals surface area (Å²) < 4.78 is 0. The van der Waals surface area contributed by atoms with Crippen LogP contribution < -0.4 is 11.1 Å². The van der Waals surface area contributed by atoms with Crippen LogP contribution in [-0.2, 0) is 9.59 Å². The molecule has 0 aliphatic heterocycles. The Labute approximate surface area is 77.9 Å². The lowest BCUT2D eigenvalue weighted by atomic mass is 10.2. The Morgan fingerprint density at radius 1 is 1.54 bits per heavy atom. The highest BCUT2D eigenvalue weighted by Gasteiger charge is 2.24. The lowest BCUT2D eigenvalue weighted by molar-refractivity contribution is -0.123. The topological polar surface area (TPSA) is 72.2 Å². The zero-order chi connectivity index (χ0) is 9.68. The van der Waals surface area contributed by atoms with Gasteiger partial charge in [0.15, 0.2) is 0 Å². The molecule has 1 aliphatic carbocycles. The van der Waals surface area contributed by atoms with Gasteiger partial charge in [-0.2, -0.15) is 0 Å². The molecular formula is C9H16N2O2. The number of nitrogens with one attached hydrogen (secondary N) is 1. The number of hydrogen-bond donors (Lipinski definition) is 2. The third-order valence-electron chi connectivity index (χ3n) is 2.41. The maximum absolute atomic E-state index is 11.2. The number of amides is 1. The van der Waals surface area contributed by atoms with Crippen LogP contribution in [0.4, 0.5) is 0 Å². The molecule has 0 aromatic heterocycles. The molecule has 1 aliphatic rings. The van der Waals surface area contributed by atoms with Crippen LogP contribution in [0, 0.1) is 0 Å². The van der Waals surface area contributed by atoms with E-state index < -0.39 is 0 Å². The number of carbonyl (C=O) groups is 2. The van der Waals surface area contributed by atoms with Gasteiger partial charge in [-0.3, -0.25) is 4.79 Å². The van der Waals surface area contributed by atoms with Gasteiger partial charge in [0.2, 0.25) is 5.91 Å². The largest absolute Gasteiger partial charge is 0.352 e. The van der Waals surface area contributed by atoms with E-state index in [9.17, 15) is 9.59 Å². The van der Waals surface area contributed by atoms with Gasteiger partial charge in [-0.1, -0.05) is 0 Å². The van der Waals surface area contributed by atoms with E-state index in [1.165, 1.54) is 0 Å². The highest BCUT2D eigenvalue weighted by molar-refractivity contribution is 5.78. The molecule has 0 aromatic carbocycles. The molecule has 2 atom stereocenters. The Hall–Kier alpha value is -0.900. The molecule has 0 aromatic rings. The lowest BCUT2D eigenvalue weighted by Crippen LogP contribution is -2.43. The fourth-order valence-corrected chi connectivity index (χ4v) is 1.64. The van der Waals surface area contributed by atoms with Gasteiger partial charge in [-0.15, -0.1) is 0 Å². The lowest BCUT2D eigenvalue weighted by Gasteiger charge is -2.16. The molecule has 74 valence electrons. The van der Waals surface area contributed by atoms with E-state index in [-0.39, 0.29) is 24.4 Å². The minimum Gasteiger partial charge on any atom is -0.352 e. The Bertz CT molecular complexity index is 194. The number of hydrogen-bond acceptors (Lipinski definition) is 3. The summed E-state index contributed by atoms with van der Waals surface area (Å²) in [5.41, 5.74) is 5.77. The van der Waals surface area contributed by atoms with Crippen molar-refractivity contribution in [1.82, 2.24) is 5.32 Å². The second kappa shape index (κ2) is 4.97. The average Bonchev–Trinajstić information content (AvgIpc) is 2.48. The van der Waals surface area contributed by atoms with Gasteiger partial charge in [0.25, 0.3) is 0 Å². The Balaban J connectivity index is 2.22. The van der Waals surface area contributed by atoms with Crippen LogP contribution in [0.25, 0.3) is 0 Å². The molecule has 13 heavy (non-hydrogen) atoms. The van der Waals surface area contributed by atoms with Gasteiger partial charge in [-0.25, -0.2) is 0 Å². The summed E-state index contributed by atoms with van der Waals surface area (Å²) in [6.45, 7) is 0. The van der Waals surface area contributed by atoms with Crippen LogP contribution in [0.3, 0.4) is 0 Å². The highest BCUT2D eigenvalue weighted by Crippen LogP contribution is 2.16. The fourth-order valence-electron chi connectivity index (χ4n) is 1.64. The van der Waals surface area contributed by atoms with Crippen molar-refractivity contribution in [2.24, 2.45) is 5.73 Å². The Kier molecular flexibility index (Phi) is 3.89. The summed E-state index contributed by atoms with van der Waals surface area (Å²) in [4.78, 5) is 21.2. The molecule has 0 saturated heterocycles. The van der Waals surface area contributed by atoms with Crippen molar-refractivity contribution in [2.75, 3.05) is 0 Å². The maximum Gasteiger partial charge on any atom is 0.220 e. The van der Waals surface area contributed by atoms with Crippen LogP contribution in [0.1, 0.15) is 32.1 Å². The summed E-state index contributed by atoms with van der Waals surface area (Å²) in [5, 5.41) is 2.84. The second-order valence-corrected chi connectivity index (χ2v) is 3.47. The first-order valence-electron chi connectivity index (χ1n) is 4.72. The summed E-state index contributed by atoms with van der Waals surface area (Å²) in [7, 11) is 0. The molecule has 4 heteroatoms. The zero-order valence-corrected chi connectivity index (χ0v) is 7.66. The molecule has 1 amide bonds. The van der Waals surface area contributed by atoms with E-state index in [2.05, 4.69) is 5.32 Å². The van der Waals surface area contributed by atoms with E-state index in [0.717, 1.165) is 25.5 Å². The van der Waals surface area contributed by atoms with Crippen LogP contribution >= 0.6 is 0 Å². The minimum absolute atomic E-state index is 0.0607. The highest BCUT2D eigenvalue weighted by atomic mass is 16.1. The second-order valence-electron chi connectivity index (χ2n) is 3.47. The normalized spacial score (nSPS) is 27.2. The van der Waals surface area contributed by atoms with Crippen molar-refractivity contribution in [2.45, 2.75) is 44.2 Å². The van der Waals surface area contributed by atoms with E-state index in [0.29, 0.717) is 6.42 Å². The summed E-state index contributed by atoms with van der Waals surface area (Å²) >= 11 is 0. The molecule has 3 N–H and O–H groups in total. The van der Waals surface area contributed by atoms with Crippen LogP contribution in [0.5, 0.6) is 0 Å². The molecule has 1 saturated carbocycles. The molecule has 4 nitrogen and oxygen atoms in total. The van der Waals surface area contributed by atoms with Gasteiger partial charge in [0.05, 0.1) is 0 Å². The van der Waals surface area contributed by atoms with Crippen molar-refractivity contribution >= 4 is 12.2 Å². The predicted molar refractivity (Wildman–Crippen MR) is 49.1 cm³/mol. The molecular weight excluding hydrogens is 168 g/mol. The summed E-state index contributed by atoms with van der Waals surface area (Å²) in [6, 6.07) is 0.222. The third kappa shape index (κ3) is 3.14. The molecule has 0 heterocycles. The molecule has 0 bridgehead atoms. The molecule has 0 spiro atoms. The van der Waals surface area contributed by atoms with Crippen molar-refractivity contribution in [3.8, 4) is 0 Å². The molecule has 0 radical (unpaired) electrons. The van der Waals surface area contributed by atoms with Crippen molar-refractivity contribution in [3.05, 3.63) is 0 Å². The standard InChI is InChI=1S/C9H16N2O2/c10-7-3-1-4-8(7)11-9(13)5-2-6-12/h6-8H,1-5,10H2,(H,11,13). The van der Waals surface area contributed by atoms with Crippen LogP contribution in [-0.4, -0.2) is 24.3 Å². The van der Waals surface area contributed by atoms with Gasteiger partial charge >= 0.3 is 0 Å². The van der Waals surface area contributed by atoms with Crippen LogP contribution in [0.2, 0.25) is 0 Å².